The van der Waals surface area contributed by atoms with Crippen LogP contribution in [-0.4, -0.2) is 28.2 Å². The van der Waals surface area contributed by atoms with Crippen LogP contribution in [0.4, 0.5) is 11.4 Å². The minimum Gasteiger partial charge on any atom is -0.377 e. The molecule has 0 bridgehead atoms. The second kappa shape index (κ2) is 6.96. The molecule has 0 unspecified atom stereocenters. The number of hydrogen-bond donors (Lipinski definition) is 0. The molecular weight excluding hydrogens is 328 g/mol. The van der Waals surface area contributed by atoms with E-state index in [0.717, 1.165) is 6.42 Å². The van der Waals surface area contributed by atoms with Crippen molar-refractivity contribution in [1.29, 1.82) is 0 Å². The smallest absolute Gasteiger partial charge is 0.0440 e. The van der Waals surface area contributed by atoms with E-state index in [-0.39, 0.29) is 0 Å². The van der Waals surface area contributed by atoms with Crippen LogP contribution in [0, 0.1) is 0 Å². The molecule has 0 amide bonds. The molecule has 4 aromatic carbocycles. The largest absolute Gasteiger partial charge is 0.377 e. The second-order valence-electron chi connectivity index (χ2n) is 7.54. The van der Waals surface area contributed by atoms with Crippen LogP contribution in [0.1, 0.15) is 11.1 Å². The van der Waals surface area contributed by atoms with Crippen LogP contribution in [0.2, 0.25) is 0 Å². The van der Waals surface area contributed by atoms with E-state index in [0.29, 0.717) is 0 Å². The van der Waals surface area contributed by atoms with Crippen LogP contribution in [0.15, 0.2) is 72.8 Å². The lowest BCUT2D eigenvalue weighted by Gasteiger charge is -2.19. The van der Waals surface area contributed by atoms with Crippen molar-refractivity contribution in [2.45, 2.75) is 6.42 Å². The average Bonchev–Trinajstić information content (AvgIpc) is 2.68. The first kappa shape index (κ1) is 17.4. The zero-order chi connectivity index (χ0) is 19.0. The molecule has 0 aliphatic carbocycles. The zero-order valence-corrected chi connectivity index (χ0v) is 16.5. The van der Waals surface area contributed by atoms with Gasteiger partial charge in [0.15, 0.2) is 0 Å². The predicted octanol–water partition coefficient (Wildman–Crippen LogP) is 5.72. The second-order valence-corrected chi connectivity index (χ2v) is 7.54. The fourth-order valence-corrected chi connectivity index (χ4v) is 3.98. The molecule has 0 spiro atoms. The van der Waals surface area contributed by atoms with Crippen molar-refractivity contribution in [2.75, 3.05) is 38.0 Å². The van der Waals surface area contributed by atoms with Crippen molar-refractivity contribution in [3.63, 3.8) is 0 Å². The topological polar surface area (TPSA) is 6.48 Å². The molecule has 0 N–H and O–H groups in total. The summed E-state index contributed by atoms with van der Waals surface area (Å²) in [4.78, 5) is 4.38. The van der Waals surface area contributed by atoms with Gasteiger partial charge in [0, 0.05) is 50.3 Å². The highest BCUT2D eigenvalue weighted by molar-refractivity contribution is 5.99. The molecule has 136 valence electrons. The van der Waals surface area contributed by atoms with Gasteiger partial charge in [-0.25, -0.2) is 0 Å². The van der Waals surface area contributed by atoms with E-state index in [1.807, 2.05) is 0 Å². The Bertz CT molecular complexity index is 1020. The van der Waals surface area contributed by atoms with E-state index in [1.165, 1.54) is 44.0 Å². The van der Waals surface area contributed by atoms with Crippen LogP contribution < -0.4 is 9.80 Å². The first-order valence-corrected chi connectivity index (χ1v) is 9.42. The number of benzene rings is 4. The zero-order valence-electron chi connectivity index (χ0n) is 16.5. The van der Waals surface area contributed by atoms with Gasteiger partial charge in [-0.15, -0.1) is 0 Å². The van der Waals surface area contributed by atoms with Crippen molar-refractivity contribution in [1.82, 2.24) is 0 Å². The Morgan fingerprint density at radius 2 is 0.852 bits per heavy atom. The molecule has 0 fully saturated rings. The van der Waals surface area contributed by atoms with Gasteiger partial charge in [0.25, 0.3) is 0 Å². The van der Waals surface area contributed by atoms with Crippen molar-refractivity contribution >= 4 is 32.9 Å². The van der Waals surface area contributed by atoms with Crippen LogP contribution >= 0.6 is 0 Å². The highest BCUT2D eigenvalue weighted by atomic mass is 15.1. The standard InChI is InChI=1S/C25H26N2/c1-26(2)24-15-13-18(20-9-5-7-11-22(20)24)17-19-14-16-25(27(3)4)23-12-8-6-10-21(19)23/h5-16H,17H2,1-4H3. The van der Waals surface area contributed by atoms with E-state index in [4.69, 9.17) is 0 Å². The van der Waals surface area contributed by atoms with E-state index < -0.39 is 0 Å². The van der Waals surface area contributed by atoms with E-state index in [1.54, 1.807) is 0 Å². The van der Waals surface area contributed by atoms with Gasteiger partial charge >= 0.3 is 0 Å². The maximum absolute atomic E-state index is 2.28. The fraction of sp³-hybridized carbons (Fsp3) is 0.200. The fourth-order valence-electron chi connectivity index (χ4n) is 3.98. The number of anilines is 2. The minimum atomic E-state index is 0.933. The lowest BCUT2D eigenvalue weighted by atomic mass is 9.93. The van der Waals surface area contributed by atoms with Crippen molar-refractivity contribution in [2.24, 2.45) is 0 Å². The van der Waals surface area contributed by atoms with Crippen LogP contribution in [0.3, 0.4) is 0 Å². The summed E-state index contributed by atoms with van der Waals surface area (Å²) in [5.74, 6) is 0. The maximum atomic E-state index is 2.28. The predicted molar refractivity (Wildman–Crippen MR) is 119 cm³/mol. The van der Waals surface area contributed by atoms with Crippen LogP contribution in [0.5, 0.6) is 0 Å². The number of hydrogen-bond acceptors (Lipinski definition) is 2. The third-order valence-electron chi connectivity index (χ3n) is 5.33. The van der Waals surface area contributed by atoms with E-state index in [9.17, 15) is 0 Å². The molecule has 0 heterocycles. The Hall–Kier alpha value is -3.00. The Kier molecular flexibility index (Phi) is 4.49. The molecule has 0 aliphatic rings. The van der Waals surface area contributed by atoms with Gasteiger partial charge in [-0.2, -0.15) is 0 Å². The summed E-state index contributed by atoms with van der Waals surface area (Å²) >= 11 is 0. The Labute approximate surface area is 161 Å². The maximum Gasteiger partial charge on any atom is 0.0440 e. The lowest BCUT2D eigenvalue weighted by Crippen LogP contribution is -2.10. The molecule has 4 aromatic rings. The van der Waals surface area contributed by atoms with Gasteiger partial charge in [-0.1, -0.05) is 60.7 Å². The van der Waals surface area contributed by atoms with Crippen molar-refractivity contribution in [3.05, 3.63) is 83.9 Å². The van der Waals surface area contributed by atoms with Crippen molar-refractivity contribution < 1.29 is 0 Å². The minimum absolute atomic E-state index is 0.933. The number of nitrogens with zero attached hydrogens (tertiary/aromatic N) is 2. The Morgan fingerprint density at radius 3 is 1.22 bits per heavy atom. The first-order valence-electron chi connectivity index (χ1n) is 9.42. The summed E-state index contributed by atoms with van der Waals surface area (Å²) in [5, 5.41) is 5.30. The van der Waals surface area contributed by atoms with Gasteiger partial charge in [-0.05, 0) is 40.5 Å². The number of rotatable bonds is 4. The molecule has 27 heavy (non-hydrogen) atoms. The van der Waals surface area contributed by atoms with E-state index in [2.05, 4.69) is 111 Å². The molecule has 0 aliphatic heterocycles. The highest BCUT2D eigenvalue weighted by Gasteiger charge is 2.11. The summed E-state index contributed by atoms with van der Waals surface area (Å²) in [6, 6.07) is 26.5. The van der Waals surface area contributed by atoms with Gasteiger partial charge in [-0.3, -0.25) is 0 Å². The third kappa shape index (κ3) is 3.12. The quantitative estimate of drug-likeness (QED) is 0.463. The molecule has 2 heteroatoms. The monoisotopic (exact) mass is 354 g/mol. The molecule has 0 atom stereocenters. The molecule has 2 nitrogen and oxygen atoms in total. The van der Waals surface area contributed by atoms with Crippen molar-refractivity contribution in [3.8, 4) is 0 Å². The molecule has 0 saturated carbocycles. The van der Waals surface area contributed by atoms with E-state index >= 15 is 0 Å². The highest BCUT2D eigenvalue weighted by Crippen LogP contribution is 2.33. The summed E-state index contributed by atoms with van der Waals surface area (Å²) in [6.07, 6.45) is 0.933. The lowest BCUT2D eigenvalue weighted by molar-refractivity contribution is 1.13. The average molecular weight is 354 g/mol. The Balaban J connectivity index is 1.87. The normalized spacial score (nSPS) is 11.1. The Morgan fingerprint density at radius 1 is 0.481 bits per heavy atom. The molecule has 0 radical (unpaired) electrons. The summed E-state index contributed by atoms with van der Waals surface area (Å²) in [6.45, 7) is 0. The summed E-state index contributed by atoms with van der Waals surface area (Å²) in [5.41, 5.74) is 5.28. The first-order chi connectivity index (χ1) is 13.1. The van der Waals surface area contributed by atoms with Gasteiger partial charge < -0.3 is 9.80 Å². The van der Waals surface area contributed by atoms with Gasteiger partial charge in [0.2, 0.25) is 0 Å². The molecular formula is C25H26N2. The van der Waals surface area contributed by atoms with Gasteiger partial charge in [0.05, 0.1) is 0 Å². The molecule has 0 aromatic heterocycles. The summed E-state index contributed by atoms with van der Waals surface area (Å²) in [7, 11) is 8.42. The molecule has 0 saturated heterocycles. The van der Waals surface area contributed by atoms with Gasteiger partial charge in [0.1, 0.15) is 0 Å². The third-order valence-corrected chi connectivity index (χ3v) is 5.33. The van der Waals surface area contributed by atoms with Crippen LogP contribution in [-0.2, 0) is 6.42 Å². The SMILES string of the molecule is CN(C)c1ccc(Cc2ccc(N(C)C)c3ccccc23)c2ccccc12. The van der Waals surface area contributed by atoms with Crippen LogP contribution in [0.25, 0.3) is 21.5 Å². The summed E-state index contributed by atoms with van der Waals surface area (Å²) < 4.78 is 0. The molecule has 4 rings (SSSR count). The number of fused-ring (bicyclic) bond motifs is 2.